The van der Waals surface area contributed by atoms with Crippen LogP contribution in [0, 0.1) is 4.77 Å². The number of thiophene rings is 1. The molecule has 0 fully saturated rings. The Morgan fingerprint density at radius 3 is 3.06 bits per heavy atom. The van der Waals surface area contributed by atoms with Crippen molar-refractivity contribution in [3.63, 3.8) is 0 Å². The molecule has 3 heterocycles. The van der Waals surface area contributed by atoms with Gasteiger partial charge in [-0.2, -0.15) is 9.61 Å². The largest absolute Gasteiger partial charge is 0.282 e. The average molecular weight is 265 g/mol. The zero-order valence-electron chi connectivity index (χ0n) is 8.75. The number of hydrogen-bond donors (Lipinski definition) is 1. The molecule has 0 bridgehead atoms. The molecule has 0 saturated carbocycles. The Bertz CT molecular complexity index is 795. The molecule has 8 heteroatoms. The summed E-state index contributed by atoms with van der Waals surface area (Å²) in [5.41, 5.74) is 0.196. The van der Waals surface area contributed by atoms with Gasteiger partial charge in [0.1, 0.15) is 0 Å². The highest BCUT2D eigenvalue weighted by molar-refractivity contribution is 7.71. The van der Waals surface area contributed by atoms with Gasteiger partial charge in [-0.1, -0.05) is 6.07 Å². The number of fused-ring (bicyclic) bond motifs is 1. The van der Waals surface area contributed by atoms with Crippen LogP contribution < -0.4 is 5.56 Å². The maximum Gasteiger partial charge on any atom is 0.282 e. The third-order valence-electron chi connectivity index (χ3n) is 2.40. The first kappa shape index (κ1) is 10.4. The molecule has 3 rings (SSSR count). The van der Waals surface area contributed by atoms with Gasteiger partial charge in [-0.05, 0) is 23.7 Å². The van der Waals surface area contributed by atoms with Gasteiger partial charge in [-0.25, -0.2) is 5.10 Å². The number of aromatic nitrogens is 5. The van der Waals surface area contributed by atoms with Crippen LogP contribution in [-0.4, -0.2) is 24.4 Å². The summed E-state index contributed by atoms with van der Waals surface area (Å²) in [5.74, 6) is 0.403. The van der Waals surface area contributed by atoms with Crippen LogP contribution in [0.5, 0.6) is 0 Å². The molecule has 3 aromatic rings. The number of aryl methyl sites for hydroxylation is 1. The topological polar surface area (TPSA) is 68.0 Å². The third kappa shape index (κ3) is 1.45. The van der Waals surface area contributed by atoms with Gasteiger partial charge in [-0.3, -0.25) is 9.36 Å². The van der Waals surface area contributed by atoms with E-state index >= 15 is 0 Å². The zero-order chi connectivity index (χ0) is 12.0. The van der Waals surface area contributed by atoms with Gasteiger partial charge < -0.3 is 0 Å². The van der Waals surface area contributed by atoms with Crippen molar-refractivity contribution in [2.75, 3.05) is 0 Å². The Labute approximate surface area is 104 Å². The van der Waals surface area contributed by atoms with E-state index in [4.69, 9.17) is 12.2 Å². The van der Waals surface area contributed by atoms with Crippen LogP contribution in [0.25, 0.3) is 16.3 Å². The van der Waals surface area contributed by atoms with Crippen molar-refractivity contribution in [2.45, 2.75) is 0 Å². The Kier molecular flexibility index (Phi) is 2.20. The van der Waals surface area contributed by atoms with Crippen LogP contribution in [0.2, 0.25) is 0 Å². The van der Waals surface area contributed by atoms with Gasteiger partial charge >= 0.3 is 0 Å². The second kappa shape index (κ2) is 3.60. The average Bonchev–Trinajstić information content (AvgIpc) is 2.94. The van der Waals surface area contributed by atoms with E-state index in [-0.39, 0.29) is 5.56 Å². The Hall–Kier alpha value is -1.80. The molecule has 0 saturated heterocycles. The highest BCUT2D eigenvalue weighted by Crippen LogP contribution is 2.19. The van der Waals surface area contributed by atoms with Crippen LogP contribution in [0.3, 0.4) is 0 Å². The maximum atomic E-state index is 12.1. The van der Waals surface area contributed by atoms with Crippen LogP contribution >= 0.6 is 23.6 Å². The minimum atomic E-state index is -0.186. The first-order chi connectivity index (χ1) is 8.18. The second-order valence-electron chi connectivity index (χ2n) is 3.43. The molecule has 0 unspecified atom stereocenters. The van der Waals surface area contributed by atoms with Crippen LogP contribution in [-0.2, 0) is 7.05 Å². The predicted octanol–water partition coefficient (Wildman–Crippen LogP) is 1.21. The van der Waals surface area contributed by atoms with Gasteiger partial charge in [-0.15, -0.1) is 16.4 Å². The van der Waals surface area contributed by atoms with Crippen molar-refractivity contribution < 1.29 is 0 Å². The van der Waals surface area contributed by atoms with Gasteiger partial charge in [0, 0.05) is 7.05 Å². The van der Waals surface area contributed by atoms with Crippen molar-refractivity contribution in [3.05, 3.63) is 32.6 Å². The lowest BCUT2D eigenvalue weighted by Gasteiger charge is -2.02. The van der Waals surface area contributed by atoms with E-state index in [2.05, 4.69) is 15.3 Å². The minimum Gasteiger partial charge on any atom is -0.277 e. The SMILES string of the molecule is Cn1c(=O)c(-c2cccs2)nn2c(=S)[nH]nc12. The molecular weight excluding hydrogens is 258 g/mol. The van der Waals surface area contributed by atoms with Crippen molar-refractivity contribution >= 4 is 29.3 Å². The Morgan fingerprint density at radius 1 is 1.53 bits per heavy atom. The zero-order valence-corrected chi connectivity index (χ0v) is 10.4. The molecule has 0 amide bonds. The van der Waals surface area contributed by atoms with Crippen molar-refractivity contribution in [2.24, 2.45) is 7.05 Å². The second-order valence-corrected chi connectivity index (χ2v) is 4.77. The third-order valence-corrected chi connectivity index (χ3v) is 3.54. The van der Waals surface area contributed by atoms with Crippen LogP contribution in [0.1, 0.15) is 0 Å². The predicted molar refractivity (Wildman–Crippen MR) is 66.7 cm³/mol. The summed E-state index contributed by atoms with van der Waals surface area (Å²) in [7, 11) is 1.64. The maximum absolute atomic E-state index is 12.1. The summed E-state index contributed by atoms with van der Waals surface area (Å²) in [4.78, 5) is 12.9. The van der Waals surface area contributed by atoms with Gasteiger partial charge in [0.15, 0.2) is 5.69 Å². The fraction of sp³-hybridized carbons (Fsp3) is 0.111. The molecule has 0 radical (unpaired) electrons. The number of nitrogens with zero attached hydrogens (tertiary/aromatic N) is 4. The lowest BCUT2D eigenvalue weighted by Crippen LogP contribution is -2.23. The van der Waals surface area contributed by atoms with Crippen molar-refractivity contribution in [1.82, 2.24) is 24.4 Å². The van der Waals surface area contributed by atoms with E-state index < -0.39 is 0 Å². The first-order valence-corrected chi connectivity index (χ1v) is 6.05. The monoisotopic (exact) mass is 265 g/mol. The van der Waals surface area contributed by atoms with Gasteiger partial charge in [0.2, 0.25) is 4.77 Å². The van der Waals surface area contributed by atoms with E-state index in [1.54, 1.807) is 7.05 Å². The Morgan fingerprint density at radius 2 is 2.35 bits per heavy atom. The first-order valence-electron chi connectivity index (χ1n) is 4.77. The minimum absolute atomic E-state index is 0.186. The summed E-state index contributed by atoms with van der Waals surface area (Å²) < 4.78 is 3.24. The quantitative estimate of drug-likeness (QED) is 0.672. The van der Waals surface area contributed by atoms with Crippen molar-refractivity contribution in [3.8, 4) is 10.6 Å². The molecular formula is C9H7N5OS2. The van der Waals surface area contributed by atoms with E-state index in [0.29, 0.717) is 16.2 Å². The number of nitrogens with one attached hydrogen (secondary N) is 1. The van der Waals surface area contributed by atoms with Crippen molar-refractivity contribution in [1.29, 1.82) is 0 Å². The summed E-state index contributed by atoms with van der Waals surface area (Å²) in [6.45, 7) is 0. The van der Waals surface area contributed by atoms with E-state index in [1.807, 2.05) is 17.5 Å². The summed E-state index contributed by atoms with van der Waals surface area (Å²) in [6, 6.07) is 3.73. The molecule has 0 spiro atoms. The molecule has 6 nitrogen and oxygen atoms in total. The molecule has 3 aromatic heterocycles. The molecule has 17 heavy (non-hydrogen) atoms. The van der Waals surface area contributed by atoms with E-state index in [9.17, 15) is 4.79 Å². The number of aromatic amines is 1. The molecule has 86 valence electrons. The van der Waals surface area contributed by atoms with Crippen LogP contribution in [0.4, 0.5) is 0 Å². The molecule has 0 aromatic carbocycles. The summed E-state index contributed by atoms with van der Waals surface area (Å²) in [6.07, 6.45) is 0. The standard InChI is InChI=1S/C9H7N5OS2/c1-13-7(15)6(5-3-2-4-17-5)12-14-8(13)10-11-9(14)16/h2-4H,1H3,(H,11,16). The van der Waals surface area contributed by atoms with Gasteiger partial charge in [0.05, 0.1) is 4.88 Å². The van der Waals surface area contributed by atoms with Gasteiger partial charge in [0.25, 0.3) is 11.3 Å². The normalized spacial score (nSPS) is 11.1. The summed E-state index contributed by atoms with van der Waals surface area (Å²) >= 11 is 6.51. The number of rotatable bonds is 1. The lowest BCUT2D eigenvalue weighted by molar-refractivity contribution is 0.779. The highest BCUT2D eigenvalue weighted by atomic mass is 32.1. The number of hydrogen-bond acceptors (Lipinski definition) is 5. The lowest BCUT2D eigenvalue weighted by atomic mass is 10.3. The molecule has 0 aliphatic carbocycles. The molecule has 0 aliphatic heterocycles. The van der Waals surface area contributed by atoms with E-state index in [1.165, 1.54) is 20.4 Å². The smallest absolute Gasteiger partial charge is 0.277 e. The summed E-state index contributed by atoms with van der Waals surface area (Å²) in [5, 5.41) is 12.7. The highest BCUT2D eigenvalue weighted by Gasteiger charge is 2.13. The van der Waals surface area contributed by atoms with Crippen LogP contribution in [0.15, 0.2) is 22.3 Å². The Balaban J connectivity index is 2.48. The fourth-order valence-electron chi connectivity index (χ4n) is 1.55. The molecule has 0 atom stereocenters. The van der Waals surface area contributed by atoms with E-state index in [0.717, 1.165) is 4.88 Å². The number of H-pyrrole nitrogens is 1. The molecule has 0 aliphatic rings. The molecule has 1 N–H and O–H groups in total. The fourth-order valence-corrected chi connectivity index (χ4v) is 2.42.